The van der Waals surface area contributed by atoms with Crippen LogP contribution in [0.3, 0.4) is 0 Å². The van der Waals surface area contributed by atoms with E-state index in [4.69, 9.17) is 16.3 Å². The molecular weight excluding hydrogens is 266 g/mol. The standard InChI is InChI=1S/C14H12ClNO3/c1-8-7-12(9(2)16-8)13(17)14(18)19-11-5-3-10(15)4-6-11/h3-7,16H,1-2H3. The number of hydrogen-bond donors (Lipinski definition) is 1. The van der Waals surface area contributed by atoms with Crippen molar-refractivity contribution in [1.29, 1.82) is 0 Å². The fourth-order valence-electron chi connectivity index (χ4n) is 1.73. The molecule has 0 fully saturated rings. The summed E-state index contributed by atoms with van der Waals surface area (Å²) in [5.74, 6) is -1.30. The van der Waals surface area contributed by atoms with Crippen LogP contribution in [-0.2, 0) is 4.79 Å². The van der Waals surface area contributed by atoms with Gasteiger partial charge in [0.2, 0.25) is 0 Å². The molecule has 0 unspecified atom stereocenters. The van der Waals surface area contributed by atoms with Crippen LogP contribution in [0.4, 0.5) is 0 Å². The molecule has 4 nitrogen and oxygen atoms in total. The second-order valence-corrected chi connectivity index (χ2v) is 4.60. The molecule has 0 radical (unpaired) electrons. The van der Waals surface area contributed by atoms with E-state index in [-0.39, 0.29) is 5.75 Å². The van der Waals surface area contributed by atoms with Gasteiger partial charge in [0.15, 0.2) is 0 Å². The van der Waals surface area contributed by atoms with Crippen LogP contribution in [0.5, 0.6) is 5.75 Å². The van der Waals surface area contributed by atoms with Crippen molar-refractivity contribution in [3.63, 3.8) is 0 Å². The number of benzene rings is 1. The molecule has 2 aromatic rings. The Morgan fingerprint density at radius 3 is 2.32 bits per heavy atom. The van der Waals surface area contributed by atoms with E-state index in [2.05, 4.69) is 4.98 Å². The zero-order valence-corrected chi connectivity index (χ0v) is 11.2. The Morgan fingerprint density at radius 1 is 1.16 bits per heavy atom. The largest absolute Gasteiger partial charge is 0.421 e. The number of aryl methyl sites for hydroxylation is 2. The summed E-state index contributed by atoms with van der Waals surface area (Å²) >= 11 is 5.72. The monoisotopic (exact) mass is 277 g/mol. The number of H-pyrrole nitrogens is 1. The normalized spacial score (nSPS) is 10.3. The molecule has 5 heteroatoms. The van der Waals surface area contributed by atoms with E-state index in [1.165, 1.54) is 12.1 Å². The van der Waals surface area contributed by atoms with E-state index < -0.39 is 11.8 Å². The maximum Gasteiger partial charge on any atom is 0.385 e. The average Bonchev–Trinajstić information content (AvgIpc) is 2.70. The second-order valence-electron chi connectivity index (χ2n) is 4.16. The van der Waals surface area contributed by atoms with Crippen molar-refractivity contribution < 1.29 is 14.3 Å². The van der Waals surface area contributed by atoms with Gasteiger partial charge in [-0.25, -0.2) is 4.79 Å². The summed E-state index contributed by atoms with van der Waals surface area (Å²) in [7, 11) is 0. The first-order valence-electron chi connectivity index (χ1n) is 5.65. The summed E-state index contributed by atoms with van der Waals surface area (Å²) in [6.45, 7) is 3.55. The molecule has 0 aliphatic rings. The highest BCUT2D eigenvalue weighted by molar-refractivity contribution is 6.41. The number of hydrogen-bond acceptors (Lipinski definition) is 3. The average molecular weight is 278 g/mol. The Hall–Kier alpha value is -2.07. The lowest BCUT2D eigenvalue weighted by Gasteiger charge is -2.03. The first-order chi connectivity index (χ1) is 8.97. The molecule has 0 aliphatic carbocycles. The Morgan fingerprint density at radius 2 is 1.79 bits per heavy atom. The molecule has 0 atom stereocenters. The third-order valence-corrected chi connectivity index (χ3v) is 2.86. The minimum absolute atomic E-state index is 0.285. The molecule has 98 valence electrons. The predicted octanol–water partition coefficient (Wildman–Crippen LogP) is 3.07. The highest BCUT2D eigenvalue weighted by Gasteiger charge is 2.21. The van der Waals surface area contributed by atoms with Gasteiger partial charge in [0.05, 0.1) is 5.56 Å². The third kappa shape index (κ3) is 3.03. The number of carbonyl (C=O) groups excluding carboxylic acids is 2. The number of ether oxygens (including phenoxy) is 1. The number of nitrogens with one attached hydrogen (secondary N) is 1. The van der Waals surface area contributed by atoms with Gasteiger partial charge in [-0.15, -0.1) is 0 Å². The van der Waals surface area contributed by atoms with Crippen LogP contribution < -0.4 is 4.74 Å². The molecule has 2 rings (SSSR count). The summed E-state index contributed by atoms with van der Waals surface area (Å²) in [5, 5.41) is 0.531. The summed E-state index contributed by atoms with van der Waals surface area (Å²) in [4.78, 5) is 26.6. The molecule has 0 amide bonds. The Balaban J connectivity index is 2.14. The second kappa shape index (κ2) is 5.28. The third-order valence-electron chi connectivity index (χ3n) is 2.60. The topological polar surface area (TPSA) is 59.2 Å². The zero-order chi connectivity index (χ0) is 14.0. The lowest BCUT2D eigenvalue weighted by molar-refractivity contribution is -0.129. The van der Waals surface area contributed by atoms with Gasteiger partial charge in [0, 0.05) is 16.4 Å². The van der Waals surface area contributed by atoms with Crippen LogP contribution >= 0.6 is 11.6 Å². The van der Waals surface area contributed by atoms with Gasteiger partial charge in [-0.1, -0.05) is 11.6 Å². The lowest BCUT2D eigenvalue weighted by atomic mass is 10.1. The molecule has 1 aromatic heterocycles. The number of carbonyl (C=O) groups is 2. The number of Topliss-reactive ketones (excluding diaryl/α,β-unsaturated/α-hetero) is 1. The molecule has 0 saturated heterocycles. The Kier molecular flexibility index (Phi) is 3.71. The van der Waals surface area contributed by atoms with Crippen molar-refractivity contribution in [3.05, 3.63) is 52.3 Å². The molecule has 1 aromatic carbocycles. The van der Waals surface area contributed by atoms with Crippen LogP contribution in [0.25, 0.3) is 0 Å². The van der Waals surface area contributed by atoms with Crippen molar-refractivity contribution in [2.24, 2.45) is 0 Å². The fraction of sp³-hybridized carbons (Fsp3) is 0.143. The molecule has 0 spiro atoms. The number of ketones is 1. The number of aromatic amines is 1. The van der Waals surface area contributed by atoms with Crippen LogP contribution in [0.2, 0.25) is 5.02 Å². The summed E-state index contributed by atoms with van der Waals surface area (Å²) < 4.78 is 4.99. The SMILES string of the molecule is Cc1cc(C(=O)C(=O)Oc2ccc(Cl)cc2)c(C)[nH]1. The van der Waals surface area contributed by atoms with Crippen molar-refractivity contribution in [3.8, 4) is 5.75 Å². The smallest absolute Gasteiger partial charge is 0.385 e. The molecule has 1 heterocycles. The van der Waals surface area contributed by atoms with E-state index in [9.17, 15) is 9.59 Å². The number of rotatable bonds is 3. The summed E-state index contributed by atoms with van der Waals surface area (Å²) in [6.07, 6.45) is 0. The predicted molar refractivity (Wildman–Crippen MR) is 71.7 cm³/mol. The van der Waals surface area contributed by atoms with Crippen LogP contribution in [-0.4, -0.2) is 16.7 Å². The van der Waals surface area contributed by atoms with E-state index >= 15 is 0 Å². The summed E-state index contributed by atoms with van der Waals surface area (Å²) in [6, 6.07) is 7.85. The number of halogens is 1. The fourth-order valence-corrected chi connectivity index (χ4v) is 1.85. The molecular formula is C14H12ClNO3. The molecule has 0 saturated carbocycles. The minimum Gasteiger partial charge on any atom is -0.421 e. The van der Waals surface area contributed by atoms with Crippen molar-refractivity contribution in [2.45, 2.75) is 13.8 Å². The van der Waals surface area contributed by atoms with E-state index in [1.54, 1.807) is 25.1 Å². The van der Waals surface area contributed by atoms with Crippen LogP contribution in [0.15, 0.2) is 30.3 Å². The quantitative estimate of drug-likeness (QED) is 0.406. The summed E-state index contributed by atoms with van der Waals surface area (Å²) in [5.41, 5.74) is 1.80. The maximum absolute atomic E-state index is 11.9. The van der Waals surface area contributed by atoms with Crippen LogP contribution in [0, 0.1) is 13.8 Å². The molecule has 19 heavy (non-hydrogen) atoms. The van der Waals surface area contributed by atoms with Gasteiger partial charge < -0.3 is 9.72 Å². The van der Waals surface area contributed by atoms with Crippen molar-refractivity contribution in [1.82, 2.24) is 4.98 Å². The van der Waals surface area contributed by atoms with Gasteiger partial charge in [-0.3, -0.25) is 4.79 Å². The first-order valence-corrected chi connectivity index (χ1v) is 6.03. The van der Waals surface area contributed by atoms with Crippen LogP contribution in [0.1, 0.15) is 21.7 Å². The van der Waals surface area contributed by atoms with Gasteiger partial charge in [-0.2, -0.15) is 0 Å². The van der Waals surface area contributed by atoms with Gasteiger partial charge in [0.25, 0.3) is 5.78 Å². The first kappa shape index (κ1) is 13.4. The minimum atomic E-state index is -0.913. The Bertz CT molecular complexity index is 629. The molecule has 0 aliphatic heterocycles. The van der Waals surface area contributed by atoms with Gasteiger partial charge >= 0.3 is 5.97 Å². The zero-order valence-electron chi connectivity index (χ0n) is 10.5. The van der Waals surface area contributed by atoms with E-state index in [0.29, 0.717) is 16.3 Å². The van der Waals surface area contributed by atoms with Gasteiger partial charge in [-0.05, 0) is 44.2 Å². The maximum atomic E-state index is 11.9. The number of esters is 1. The molecule has 0 bridgehead atoms. The highest BCUT2D eigenvalue weighted by atomic mass is 35.5. The van der Waals surface area contributed by atoms with Crippen molar-refractivity contribution >= 4 is 23.4 Å². The Labute approximate surface area is 115 Å². The highest BCUT2D eigenvalue weighted by Crippen LogP contribution is 2.17. The molecule has 1 N–H and O–H groups in total. The van der Waals surface area contributed by atoms with Crippen molar-refractivity contribution in [2.75, 3.05) is 0 Å². The number of aromatic nitrogens is 1. The van der Waals surface area contributed by atoms with Gasteiger partial charge in [0.1, 0.15) is 5.75 Å². The van der Waals surface area contributed by atoms with E-state index in [0.717, 1.165) is 5.69 Å². The van der Waals surface area contributed by atoms with E-state index in [1.807, 2.05) is 6.92 Å². The lowest BCUT2D eigenvalue weighted by Crippen LogP contribution is -2.20.